The van der Waals surface area contributed by atoms with Crippen LogP contribution in [0.3, 0.4) is 0 Å². The fourth-order valence-electron chi connectivity index (χ4n) is 2.76. The largest absolute Gasteiger partial charge is 0.444 e. The maximum absolute atomic E-state index is 12.2. The van der Waals surface area contributed by atoms with Crippen molar-refractivity contribution < 1.29 is 14.3 Å². The Balaban J connectivity index is 2.18. The number of nitrogens with two attached hydrogens (primary N) is 1. The van der Waals surface area contributed by atoms with Crippen LogP contribution in [0.2, 0.25) is 0 Å². The van der Waals surface area contributed by atoms with E-state index in [0.29, 0.717) is 29.7 Å². The van der Waals surface area contributed by atoms with Crippen molar-refractivity contribution >= 4 is 27.9 Å². The molecule has 2 amide bonds. The van der Waals surface area contributed by atoms with Gasteiger partial charge in [-0.1, -0.05) is 6.92 Å². The van der Waals surface area contributed by atoms with Gasteiger partial charge in [0.15, 0.2) is 0 Å². The molecule has 1 atom stereocenters. The molecule has 23 heavy (non-hydrogen) atoms. The highest BCUT2D eigenvalue weighted by atomic mass is 79.9. The van der Waals surface area contributed by atoms with E-state index in [9.17, 15) is 9.59 Å². The summed E-state index contributed by atoms with van der Waals surface area (Å²) in [6.45, 7) is 8.60. The highest BCUT2D eigenvalue weighted by Gasteiger charge is 2.33. The molecule has 1 aromatic rings. The predicted octanol–water partition coefficient (Wildman–Crippen LogP) is 2.49. The summed E-state index contributed by atoms with van der Waals surface area (Å²) in [4.78, 5) is 25.5. The lowest BCUT2D eigenvalue weighted by molar-refractivity contribution is 0.0288. The van der Waals surface area contributed by atoms with Crippen molar-refractivity contribution in [3.63, 3.8) is 0 Å². The minimum Gasteiger partial charge on any atom is -0.444 e. The second-order valence-electron chi connectivity index (χ2n) is 6.64. The van der Waals surface area contributed by atoms with E-state index in [-0.39, 0.29) is 12.1 Å². The van der Waals surface area contributed by atoms with E-state index >= 15 is 0 Å². The minimum atomic E-state index is -0.516. The molecular formula is C15H23BrN4O3. The molecule has 0 saturated carbocycles. The lowest BCUT2D eigenvalue weighted by Crippen LogP contribution is -2.35. The van der Waals surface area contributed by atoms with E-state index in [1.807, 2.05) is 32.4 Å². The molecule has 2 N–H and O–H groups in total. The summed E-state index contributed by atoms with van der Waals surface area (Å²) in [6, 6.07) is 0.0156. The third-order valence-corrected chi connectivity index (χ3v) is 4.26. The smallest absolute Gasteiger partial charge is 0.410 e. The normalized spacial score (nSPS) is 18.3. The Morgan fingerprint density at radius 1 is 1.43 bits per heavy atom. The van der Waals surface area contributed by atoms with Gasteiger partial charge in [0.05, 0.1) is 17.3 Å². The van der Waals surface area contributed by atoms with Crippen LogP contribution < -0.4 is 5.73 Å². The lowest BCUT2D eigenvalue weighted by atomic mass is 10.1. The molecule has 1 aliphatic heterocycles. The molecule has 1 saturated heterocycles. The third-order valence-electron chi connectivity index (χ3n) is 3.71. The average molecular weight is 387 g/mol. The number of likely N-dealkylation sites (tertiary alicyclic amines) is 1. The topological polar surface area (TPSA) is 90.5 Å². The molecule has 128 valence electrons. The zero-order valence-electron chi connectivity index (χ0n) is 13.9. The van der Waals surface area contributed by atoms with Gasteiger partial charge in [-0.25, -0.2) is 4.79 Å². The van der Waals surface area contributed by atoms with Crippen molar-refractivity contribution in [2.75, 3.05) is 13.1 Å². The number of ether oxygens (including phenoxy) is 1. The Labute approximate surface area is 144 Å². The van der Waals surface area contributed by atoms with E-state index < -0.39 is 11.5 Å². The lowest BCUT2D eigenvalue weighted by Gasteiger charge is -2.24. The van der Waals surface area contributed by atoms with Crippen LogP contribution in [0.25, 0.3) is 0 Å². The average Bonchev–Trinajstić information content (AvgIpc) is 3.00. The van der Waals surface area contributed by atoms with E-state index in [0.717, 1.165) is 12.1 Å². The van der Waals surface area contributed by atoms with Crippen LogP contribution in [0.5, 0.6) is 0 Å². The molecule has 1 aromatic heterocycles. The van der Waals surface area contributed by atoms with Crippen molar-refractivity contribution in [1.82, 2.24) is 14.7 Å². The minimum absolute atomic E-state index is 0.0156. The van der Waals surface area contributed by atoms with Crippen LogP contribution in [-0.2, 0) is 11.2 Å². The number of rotatable bonds is 3. The summed E-state index contributed by atoms with van der Waals surface area (Å²) in [7, 11) is 0. The van der Waals surface area contributed by atoms with Crippen LogP contribution in [0.4, 0.5) is 4.79 Å². The van der Waals surface area contributed by atoms with Gasteiger partial charge in [-0.15, -0.1) is 0 Å². The molecule has 1 fully saturated rings. The molecule has 2 heterocycles. The number of amides is 2. The predicted molar refractivity (Wildman–Crippen MR) is 89.3 cm³/mol. The summed E-state index contributed by atoms with van der Waals surface area (Å²) in [5.74, 6) is -0.498. The molecule has 1 aliphatic rings. The van der Waals surface area contributed by atoms with Crippen molar-refractivity contribution in [3.8, 4) is 0 Å². The Bertz CT molecular complexity index is 621. The molecule has 1 unspecified atom stereocenters. The summed E-state index contributed by atoms with van der Waals surface area (Å²) in [5, 5.41) is 4.41. The number of aromatic nitrogens is 2. The number of hydrogen-bond acceptors (Lipinski definition) is 4. The molecule has 2 rings (SSSR count). The van der Waals surface area contributed by atoms with Gasteiger partial charge >= 0.3 is 6.09 Å². The standard InChI is InChI=1S/C15H23BrN4O3/c1-5-10-11(13(17)21)12(16)18-20(10)9-6-7-19(8-9)14(22)23-15(2,3)4/h9H,5-8H2,1-4H3,(H2,17,21). The SMILES string of the molecule is CCc1c(C(N)=O)c(Br)nn1C1CCN(C(=O)OC(C)(C)C)C1. The zero-order chi connectivity index (χ0) is 17.4. The number of primary amides is 1. The Hall–Kier alpha value is -1.57. The van der Waals surface area contributed by atoms with Gasteiger partial charge in [-0.05, 0) is 49.5 Å². The first kappa shape index (κ1) is 17.8. The second kappa shape index (κ2) is 6.51. The first-order chi connectivity index (χ1) is 10.6. The Morgan fingerprint density at radius 3 is 2.61 bits per heavy atom. The van der Waals surface area contributed by atoms with Gasteiger partial charge in [-0.2, -0.15) is 5.10 Å². The van der Waals surface area contributed by atoms with Crippen molar-refractivity contribution in [3.05, 3.63) is 15.9 Å². The maximum Gasteiger partial charge on any atom is 0.410 e. The molecule has 0 bridgehead atoms. The molecule has 0 aliphatic carbocycles. The van der Waals surface area contributed by atoms with Crippen LogP contribution in [0.15, 0.2) is 4.60 Å². The first-order valence-electron chi connectivity index (χ1n) is 7.68. The van der Waals surface area contributed by atoms with Crippen LogP contribution in [0, 0.1) is 0 Å². The summed E-state index contributed by atoms with van der Waals surface area (Å²) >= 11 is 3.30. The van der Waals surface area contributed by atoms with E-state index in [2.05, 4.69) is 21.0 Å². The summed E-state index contributed by atoms with van der Waals surface area (Å²) < 4.78 is 7.67. The monoisotopic (exact) mass is 386 g/mol. The summed E-state index contributed by atoms with van der Waals surface area (Å²) in [5.41, 5.74) is 6.14. The third kappa shape index (κ3) is 3.85. The fraction of sp³-hybridized carbons (Fsp3) is 0.667. The first-order valence-corrected chi connectivity index (χ1v) is 8.48. The van der Waals surface area contributed by atoms with Gasteiger partial charge in [0.2, 0.25) is 0 Å². The van der Waals surface area contributed by atoms with E-state index in [1.54, 1.807) is 4.90 Å². The molecule has 8 heteroatoms. The molecule has 0 spiro atoms. The summed E-state index contributed by atoms with van der Waals surface area (Å²) in [6.07, 6.45) is 1.08. The quantitative estimate of drug-likeness (QED) is 0.863. The number of nitrogens with zero attached hydrogens (tertiary/aromatic N) is 3. The Kier molecular flexibility index (Phi) is 5.03. The molecular weight excluding hydrogens is 364 g/mol. The van der Waals surface area contributed by atoms with Crippen LogP contribution in [-0.4, -0.2) is 45.4 Å². The van der Waals surface area contributed by atoms with E-state index in [4.69, 9.17) is 10.5 Å². The highest BCUT2D eigenvalue weighted by molar-refractivity contribution is 9.10. The Morgan fingerprint density at radius 2 is 2.09 bits per heavy atom. The van der Waals surface area contributed by atoms with Gasteiger partial charge in [-0.3, -0.25) is 9.48 Å². The van der Waals surface area contributed by atoms with Crippen molar-refractivity contribution in [1.29, 1.82) is 0 Å². The number of carbonyl (C=O) groups excluding carboxylic acids is 2. The van der Waals surface area contributed by atoms with Gasteiger partial charge in [0.1, 0.15) is 10.2 Å². The maximum atomic E-state index is 12.2. The van der Waals surface area contributed by atoms with Crippen molar-refractivity contribution in [2.24, 2.45) is 5.73 Å². The number of carbonyl (C=O) groups is 2. The van der Waals surface area contributed by atoms with Gasteiger partial charge < -0.3 is 15.4 Å². The second-order valence-corrected chi connectivity index (χ2v) is 7.39. The van der Waals surface area contributed by atoms with E-state index in [1.165, 1.54) is 0 Å². The molecule has 0 aromatic carbocycles. The molecule has 0 radical (unpaired) electrons. The number of halogens is 1. The highest BCUT2D eigenvalue weighted by Crippen LogP contribution is 2.29. The van der Waals surface area contributed by atoms with Gasteiger partial charge in [0.25, 0.3) is 5.91 Å². The fourth-order valence-corrected chi connectivity index (χ4v) is 3.35. The van der Waals surface area contributed by atoms with Crippen LogP contribution in [0.1, 0.15) is 56.2 Å². The van der Waals surface area contributed by atoms with Gasteiger partial charge in [0, 0.05) is 13.1 Å². The van der Waals surface area contributed by atoms with Crippen molar-refractivity contribution in [2.45, 2.75) is 52.2 Å². The molecule has 7 nitrogen and oxygen atoms in total. The van der Waals surface area contributed by atoms with Crippen LogP contribution >= 0.6 is 15.9 Å². The zero-order valence-corrected chi connectivity index (χ0v) is 15.5. The number of hydrogen-bond donors (Lipinski definition) is 1.